The minimum Gasteiger partial charge on any atom is -0.354 e. The Morgan fingerprint density at radius 2 is 1.19 bits per heavy atom. The van der Waals surface area contributed by atoms with E-state index in [0.29, 0.717) is 0 Å². The molecule has 0 spiro atoms. The molecule has 1 N–H and O–H groups in total. The van der Waals surface area contributed by atoms with E-state index in [4.69, 9.17) is 0 Å². The lowest BCUT2D eigenvalue weighted by molar-refractivity contribution is 1.31. The van der Waals surface area contributed by atoms with Crippen LogP contribution in [0, 0.1) is 0 Å². The van der Waals surface area contributed by atoms with Crippen molar-refractivity contribution in [1.29, 1.82) is 0 Å². The van der Waals surface area contributed by atoms with Crippen LogP contribution < -0.4 is 5.32 Å². The van der Waals surface area contributed by atoms with Crippen molar-refractivity contribution >= 4 is 35.4 Å². The topological polar surface area (TPSA) is 12.0 Å². The molecule has 0 saturated heterocycles. The quantitative estimate of drug-likeness (QED) is 0.676. The van der Waals surface area contributed by atoms with Gasteiger partial charge in [0.2, 0.25) is 0 Å². The molecular weight excluding hydrogens is 212 g/mol. The minimum atomic E-state index is -0.864. The first-order valence-corrected chi connectivity index (χ1v) is 7.83. The zero-order valence-electron chi connectivity index (χ0n) is 9.53. The van der Waals surface area contributed by atoms with E-state index < -0.39 is 9.73 Å². The smallest absolute Gasteiger partial charge is 0.152 e. The summed E-state index contributed by atoms with van der Waals surface area (Å²) in [6, 6.07) is 17.3. The SMILES string of the molecule is BS1(B)c2ccccc2Nc2ccccc21. The number of hydrogen-bond donors (Lipinski definition) is 1. The Hall–Kier alpha value is -1.28. The fourth-order valence-corrected chi connectivity index (χ4v) is 4.71. The number of fused-ring (bicyclic) bond motifs is 2. The number of para-hydroxylation sites is 2. The highest BCUT2D eigenvalue weighted by Gasteiger charge is 2.26. The molecule has 0 bridgehead atoms. The summed E-state index contributed by atoms with van der Waals surface area (Å²) in [5.41, 5.74) is 2.53. The Morgan fingerprint density at radius 1 is 0.750 bits per heavy atom. The predicted octanol–water partition coefficient (Wildman–Crippen LogP) is 2.06. The lowest BCUT2D eigenvalue weighted by atomic mass is 10.2. The Kier molecular flexibility index (Phi) is 2.08. The molecule has 0 atom stereocenters. The van der Waals surface area contributed by atoms with Crippen LogP contribution in [0.5, 0.6) is 0 Å². The summed E-state index contributed by atoms with van der Waals surface area (Å²) in [5, 5.41) is 3.52. The van der Waals surface area contributed by atoms with E-state index in [1.165, 1.54) is 21.2 Å². The van der Waals surface area contributed by atoms with Gasteiger partial charge in [0.05, 0.1) is 0 Å². The van der Waals surface area contributed by atoms with E-state index >= 15 is 0 Å². The van der Waals surface area contributed by atoms with Crippen molar-refractivity contribution in [3.05, 3.63) is 48.5 Å². The second kappa shape index (κ2) is 3.36. The van der Waals surface area contributed by atoms with Crippen molar-refractivity contribution in [2.75, 3.05) is 5.32 Å². The molecule has 3 rings (SSSR count). The van der Waals surface area contributed by atoms with Crippen molar-refractivity contribution in [3.63, 3.8) is 0 Å². The molecule has 1 aliphatic rings. The van der Waals surface area contributed by atoms with Crippen LogP contribution in [0.4, 0.5) is 11.4 Å². The normalized spacial score (nSPS) is 17.8. The average molecular weight is 225 g/mol. The van der Waals surface area contributed by atoms with Gasteiger partial charge in [-0.2, -0.15) is 0 Å². The Morgan fingerprint density at radius 3 is 1.69 bits per heavy atom. The molecule has 0 aromatic heterocycles. The van der Waals surface area contributed by atoms with Crippen molar-refractivity contribution in [3.8, 4) is 0 Å². The largest absolute Gasteiger partial charge is 0.354 e. The molecule has 16 heavy (non-hydrogen) atoms. The molecule has 1 heterocycles. The van der Waals surface area contributed by atoms with Gasteiger partial charge in [0.1, 0.15) is 0 Å². The van der Waals surface area contributed by atoms with Crippen LogP contribution in [-0.4, -0.2) is 14.2 Å². The maximum Gasteiger partial charge on any atom is 0.152 e. The Balaban J connectivity index is 2.28. The summed E-state index contributed by atoms with van der Waals surface area (Å²) in [6.45, 7) is 0. The number of hydrogen-bond acceptors (Lipinski definition) is 1. The van der Waals surface area contributed by atoms with Gasteiger partial charge in [0.25, 0.3) is 0 Å². The molecule has 78 valence electrons. The molecule has 0 fully saturated rings. The standard InChI is InChI=1S/C12H13B2NS/c13-16(14)11-7-3-1-5-9(11)15-10-6-2-4-8-12(10)16/h1-8,15H,13-14H2. The summed E-state index contributed by atoms with van der Waals surface area (Å²) >= 11 is 0. The van der Waals surface area contributed by atoms with Gasteiger partial charge in [-0.3, -0.25) is 9.73 Å². The molecule has 0 saturated carbocycles. The van der Waals surface area contributed by atoms with Gasteiger partial charge < -0.3 is 5.32 Å². The number of rotatable bonds is 0. The molecule has 2 aromatic carbocycles. The molecule has 0 unspecified atom stereocenters. The van der Waals surface area contributed by atoms with E-state index in [-0.39, 0.29) is 0 Å². The summed E-state index contributed by atoms with van der Waals surface area (Å²) in [5.74, 6) is 0. The summed E-state index contributed by atoms with van der Waals surface area (Å²) in [4.78, 5) is 2.90. The van der Waals surface area contributed by atoms with Gasteiger partial charge in [0, 0.05) is 11.4 Å². The fourth-order valence-electron chi connectivity index (χ4n) is 2.29. The summed E-state index contributed by atoms with van der Waals surface area (Å²) in [7, 11) is 3.87. The van der Waals surface area contributed by atoms with Crippen molar-refractivity contribution in [1.82, 2.24) is 0 Å². The van der Waals surface area contributed by atoms with Gasteiger partial charge >= 0.3 is 0 Å². The molecule has 4 heteroatoms. The molecule has 1 aliphatic heterocycles. The van der Waals surface area contributed by atoms with Crippen LogP contribution in [0.2, 0.25) is 0 Å². The van der Waals surface area contributed by atoms with Crippen molar-refractivity contribution < 1.29 is 0 Å². The Bertz CT molecular complexity index is 507. The van der Waals surface area contributed by atoms with Crippen molar-refractivity contribution in [2.45, 2.75) is 9.79 Å². The first-order chi connectivity index (χ1) is 7.69. The monoisotopic (exact) mass is 225 g/mol. The fraction of sp³-hybridized carbons (Fsp3) is 0. The molecular formula is C12H13B2NS. The van der Waals surface area contributed by atoms with Crippen LogP contribution in [0.1, 0.15) is 0 Å². The molecule has 1 nitrogen and oxygen atoms in total. The third-order valence-corrected chi connectivity index (χ3v) is 6.05. The van der Waals surface area contributed by atoms with E-state index in [9.17, 15) is 0 Å². The predicted molar refractivity (Wildman–Crippen MR) is 77.4 cm³/mol. The van der Waals surface area contributed by atoms with Crippen LogP contribution in [0.3, 0.4) is 0 Å². The van der Waals surface area contributed by atoms with Gasteiger partial charge in [0.15, 0.2) is 14.2 Å². The van der Waals surface area contributed by atoms with E-state index in [1.54, 1.807) is 0 Å². The zero-order chi connectivity index (χ0) is 11.2. The lowest BCUT2D eigenvalue weighted by Crippen LogP contribution is -2.11. The van der Waals surface area contributed by atoms with Crippen LogP contribution in [0.25, 0.3) is 0 Å². The summed E-state index contributed by atoms with van der Waals surface area (Å²) < 4.78 is 0. The maximum atomic E-state index is 3.52. The second-order valence-corrected chi connectivity index (χ2v) is 7.98. The molecule has 0 radical (unpaired) electrons. The Labute approximate surface area is 99.2 Å². The highest BCUT2D eigenvalue weighted by molar-refractivity contribution is 8.64. The minimum absolute atomic E-state index is 0.864. The van der Waals surface area contributed by atoms with E-state index in [0.717, 1.165) is 0 Å². The molecule has 0 aliphatic carbocycles. The molecule has 0 amide bonds. The van der Waals surface area contributed by atoms with E-state index in [1.807, 2.05) is 0 Å². The maximum absolute atomic E-state index is 3.52. The summed E-state index contributed by atoms with van der Waals surface area (Å²) in [6.07, 6.45) is 0. The number of anilines is 2. The third-order valence-electron chi connectivity index (χ3n) is 3.14. The van der Waals surface area contributed by atoms with Crippen molar-refractivity contribution in [2.24, 2.45) is 0 Å². The van der Waals surface area contributed by atoms with Crippen LogP contribution in [-0.2, 0) is 0 Å². The molecule has 2 aromatic rings. The zero-order valence-corrected chi connectivity index (χ0v) is 10.3. The number of benzene rings is 2. The number of nitrogens with one attached hydrogen (secondary N) is 1. The van der Waals surface area contributed by atoms with Gasteiger partial charge in [-0.25, -0.2) is 0 Å². The van der Waals surface area contributed by atoms with Gasteiger partial charge in [-0.15, -0.1) is 0 Å². The first-order valence-electron chi connectivity index (χ1n) is 5.38. The van der Waals surface area contributed by atoms with Crippen LogP contribution in [0.15, 0.2) is 58.3 Å². The highest BCUT2D eigenvalue weighted by atomic mass is 32.3. The highest BCUT2D eigenvalue weighted by Crippen LogP contribution is 2.62. The van der Waals surface area contributed by atoms with E-state index in [2.05, 4.69) is 68.1 Å². The first kappa shape index (κ1) is 9.91. The van der Waals surface area contributed by atoms with Gasteiger partial charge in [-0.1, -0.05) is 24.3 Å². The van der Waals surface area contributed by atoms with Crippen LogP contribution >= 0.6 is 9.73 Å². The average Bonchev–Trinajstić information content (AvgIpc) is 2.29. The third kappa shape index (κ3) is 1.30. The second-order valence-electron chi connectivity index (χ2n) is 4.44. The lowest BCUT2D eigenvalue weighted by Gasteiger charge is -2.40. The van der Waals surface area contributed by atoms with Gasteiger partial charge in [-0.05, 0) is 34.1 Å².